The Kier molecular flexibility index (Phi) is 4.99. The van der Waals surface area contributed by atoms with Gasteiger partial charge in [-0.3, -0.25) is 9.80 Å². The molecule has 0 radical (unpaired) electrons. The standard InChI is InChI=1S/C11H16N4O3S/c1-4-11(16)13-19(17,18)10-7-5-9(6-8-10)12-14-15(2)3/h5-8H,4H2,1-3H3,(H,13,16). The number of rotatable bonds is 5. The lowest BCUT2D eigenvalue weighted by atomic mass is 10.3. The minimum Gasteiger partial charge on any atom is -0.285 e. The van der Waals surface area contributed by atoms with Gasteiger partial charge in [-0.15, -0.1) is 5.11 Å². The Labute approximate surface area is 112 Å². The maximum atomic E-state index is 11.8. The maximum absolute atomic E-state index is 11.8. The maximum Gasteiger partial charge on any atom is 0.264 e. The average molecular weight is 284 g/mol. The van der Waals surface area contributed by atoms with Crippen LogP contribution in [0.2, 0.25) is 0 Å². The highest BCUT2D eigenvalue weighted by atomic mass is 32.2. The zero-order valence-electron chi connectivity index (χ0n) is 11.0. The topological polar surface area (TPSA) is 91.2 Å². The molecule has 1 aromatic carbocycles. The van der Waals surface area contributed by atoms with E-state index < -0.39 is 15.9 Å². The van der Waals surface area contributed by atoms with Gasteiger partial charge in [-0.1, -0.05) is 12.1 Å². The Hall–Kier alpha value is -1.96. The van der Waals surface area contributed by atoms with Crippen LogP contribution in [0.15, 0.2) is 39.5 Å². The molecule has 0 bridgehead atoms. The van der Waals surface area contributed by atoms with Crippen LogP contribution in [0, 0.1) is 0 Å². The number of nitrogens with zero attached hydrogens (tertiary/aromatic N) is 3. The summed E-state index contributed by atoms with van der Waals surface area (Å²) in [7, 11) is -0.352. The number of sulfonamides is 1. The number of amides is 1. The zero-order valence-corrected chi connectivity index (χ0v) is 11.8. The molecule has 0 unspecified atom stereocenters. The van der Waals surface area contributed by atoms with Gasteiger partial charge in [0.1, 0.15) is 0 Å². The summed E-state index contributed by atoms with van der Waals surface area (Å²) in [4.78, 5) is 11.1. The Morgan fingerprint density at radius 2 is 1.84 bits per heavy atom. The lowest BCUT2D eigenvalue weighted by Crippen LogP contribution is -2.29. The molecule has 0 aliphatic rings. The summed E-state index contributed by atoms with van der Waals surface area (Å²) in [5, 5.41) is 9.18. The van der Waals surface area contributed by atoms with Crippen LogP contribution in [-0.2, 0) is 14.8 Å². The van der Waals surface area contributed by atoms with E-state index in [9.17, 15) is 13.2 Å². The molecule has 0 saturated carbocycles. The van der Waals surface area contributed by atoms with Crippen LogP contribution in [0.4, 0.5) is 5.69 Å². The average Bonchev–Trinajstić information content (AvgIpc) is 2.36. The monoisotopic (exact) mass is 284 g/mol. The summed E-state index contributed by atoms with van der Waals surface area (Å²) in [6, 6.07) is 5.76. The van der Waals surface area contributed by atoms with Crippen molar-refractivity contribution in [3.8, 4) is 0 Å². The van der Waals surface area contributed by atoms with Crippen LogP contribution >= 0.6 is 0 Å². The summed E-state index contributed by atoms with van der Waals surface area (Å²) in [6.45, 7) is 1.58. The predicted molar refractivity (Wildman–Crippen MR) is 70.3 cm³/mol. The number of carbonyl (C=O) groups excluding carboxylic acids is 1. The molecule has 0 atom stereocenters. The smallest absolute Gasteiger partial charge is 0.264 e. The van der Waals surface area contributed by atoms with Gasteiger partial charge in [0.15, 0.2) is 0 Å². The SMILES string of the molecule is CCC(=O)NS(=O)(=O)c1ccc(N=NN(C)C)cc1. The van der Waals surface area contributed by atoms with Gasteiger partial charge >= 0.3 is 0 Å². The van der Waals surface area contributed by atoms with E-state index in [1.807, 2.05) is 4.72 Å². The lowest BCUT2D eigenvalue weighted by molar-refractivity contribution is -0.119. The van der Waals surface area contributed by atoms with Gasteiger partial charge in [0.25, 0.3) is 10.0 Å². The van der Waals surface area contributed by atoms with E-state index in [1.54, 1.807) is 21.0 Å². The fourth-order valence-corrected chi connectivity index (χ4v) is 2.17. The first-order chi connectivity index (χ1) is 8.85. The summed E-state index contributed by atoms with van der Waals surface area (Å²) < 4.78 is 25.5. The van der Waals surface area contributed by atoms with Gasteiger partial charge in [0, 0.05) is 20.5 Å². The van der Waals surface area contributed by atoms with Gasteiger partial charge in [0.2, 0.25) is 5.91 Å². The molecule has 0 saturated heterocycles. The molecule has 0 aliphatic carbocycles. The van der Waals surface area contributed by atoms with Gasteiger partial charge in [-0.25, -0.2) is 13.1 Å². The van der Waals surface area contributed by atoms with Crippen molar-refractivity contribution in [2.45, 2.75) is 18.2 Å². The molecular formula is C11H16N4O3S. The Morgan fingerprint density at radius 1 is 1.26 bits per heavy atom. The molecule has 1 N–H and O–H groups in total. The van der Waals surface area contributed by atoms with Crippen molar-refractivity contribution in [1.29, 1.82) is 0 Å². The minimum absolute atomic E-state index is 0.0121. The minimum atomic E-state index is -3.80. The predicted octanol–water partition coefficient (Wildman–Crippen LogP) is 1.46. The van der Waals surface area contributed by atoms with E-state index in [2.05, 4.69) is 10.3 Å². The largest absolute Gasteiger partial charge is 0.285 e. The number of hydrogen-bond donors (Lipinski definition) is 1. The first-order valence-electron chi connectivity index (χ1n) is 5.60. The van der Waals surface area contributed by atoms with E-state index in [0.717, 1.165) is 0 Å². The highest BCUT2D eigenvalue weighted by Gasteiger charge is 2.16. The Balaban J connectivity index is 2.89. The number of nitrogens with one attached hydrogen (secondary N) is 1. The second-order valence-electron chi connectivity index (χ2n) is 3.91. The van der Waals surface area contributed by atoms with Crippen LogP contribution in [0.1, 0.15) is 13.3 Å². The number of hydrogen-bond acceptors (Lipinski definition) is 5. The van der Waals surface area contributed by atoms with Crippen molar-refractivity contribution in [2.75, 3.05) is 14.1 Å². The van der Waals surface area contributed by atoms with E-state index in [1.165, 1.54) is 29.3 Å². The van der Waals surface area contributed by atoms with E-state index in [-0.39, 0.29) is 11.3 Å². The van der Waals surface area contributed by atoms with Gasteiger partial charge in [-0.05, 0) is 24.3 Å². The Bertz CT molecular complexity index is 564. The molecular weight excluding hydrogens is 268 g/mol. The van der Waals surface area contributed by atoms with Crippen molar-refractivity contribution in [1.82, 2.24) is 9.73 Å². The molecule has 8 heteroatoms. The van der Waals surface area contributed by atoms with Crippen molar-refractivity contribution < 1.29 is 13.2 Å². The second-order valence-corrected chi connectivity index (χ2v) is 5.60. The van der Waals surface area contributed by atoms with Crippen LogP contribution in [-0.4, -0.2) is 33.4 Å². The fourth-order valence-electron chi connectivity index (χ4n) is 1.11. The molecule has 1 rings (SSSR count). The normalized spacial score (nSPS) is 11.5. The first-order valence-corrected chi connectivity index (χ1v) is 7.08. The molecule has 0 fully saturated rings. The van der Waals surface area contributed by atoms with E-state index in [0.29, 0.717) is 5.69 Å². The van der Waals surface area contributed by atoms with Gasteiger partial charge < -0.3 is 0 Å². The van der Waals surface area contributed by atoms with Crippen LogP contribution in [0.25, 0.3) is 0 Å². The second kappa shape index (κ2) is 6.28. The van der Waals surface area contributed by atoms with Crippen molar-refractivity contribution in [2.24, 2.45) is 10.3 Å². The summed E-state index contributed by atoms with van der Waals surface area (Å²) >= 11 is 0. The third kappa shape index (κ3) is 4.66. The summed E-state index contributed by atoms with van der Waals surface area (Å²) in [6.07, 6.45) is 0.106. The highest BCUT2D eigenvalue weighted by molar-refractivity contribution is 7.90. The molecule has 7 nitrogen and oxygen atoms in total. The molecule has 104 valence electrons. The summed E-state index contributed by atoms with van der Waals surface area (Å²) in [5.74, 6) is -0.545. The van der Waals surface area contributed by atoms with E-state index in [4.69, 9.17) is 0 Å². The molecule has 1 aromatic rings. The van der Waals surface area contributed by atoms with Crippen molar-refractivity contribution in [3.05, 3.63) is 24.3 Å². The molecule has 19 heavy (non-hydrogen) atoms. The number of carbonyl (C=O) groups is 1. The first kappa shape index (κ1) is 15.1. The lowest BCUT2D eigenvalue weighted by Gasteiger charge is -2.05. The molecule has 0 aliphatic heterocycles. The molecule has 0 spiro atoms. The molecule has 1 amide bonds. The number of benzene rings is 1. The summed E-state index contributed by atoms with van der Waals surface area (Å²) in [5.41, 5.74) is 0.523. The fraction of sp³-hybridized carbons (Fsp3) is 0.364. The van der Waals surface area contributed by atoms with Crippen molar-refractivity contribution >= 4 is 21.6 Å². The third-order valence-corrected chi connectivity index (χ3v) is 3.44. The van der Waals surface area contributed by atoms with Gasteiger partial charge in [-0.2, -0.15) is 0 Å². The molecule has 0 heterocycles. The molecule has 0 aromatic heterocycles. The zero-order chi connectivity index (χ0) is 14.5. The highest BCUT2D eigenvalue weighted by Crippen LogP contribution is 2.16. The van der Waals surface area contributed by atoms with Crippen LogP contribution < -0.4 is 4.72 Å². The van der Waals surface area contributed by atoms with Gasteiger partial charge in [0.05, 0.1) is 10.6 Å². The van der Waals surface area contributed by atoms with Crippen LogP contribution in [0.5, 0.6) is 0 Å². The van der Waals surface area contributed by atoms with E-state index >= 15 is 0 Å². The quantitative estimate of drug-likeness (QED) is 0.654. The van der Waals surface area contributed by atoms with Crippen LogP contribution in [0.3, 0.4) is 0 Å². The Morgan fingerprint density at radius 3 is 2.32 bits per heavy atom. The van der Waals surface area contributed by atoms with Crippen molar-refractivity contribution in [3.63, 3.8) is 0 Å². The third-order valence-electron chi connectivity index (χ3n) is 2.06.